The van der Waals surface area contributed by atoms with Gasteiger partial charge in [-0.1, -0.05) is 216 Å². The van der Waals surface area contributed by atoms with Gasteiger partial charge in [0.2, 0.25) is 0 Å². The lowest BCUT2D eigenvalue weighted by atomic mass is 10.1. The summed E-state index contributed by atoms with van der Waals surface area (Å²) in [5.74, 6) is -0.912. The Bertz CT molecular complexity index is 1020. The Hall–Kier alpha value is -2.89. The van der Waals surface area contributed by atoms with E-state index in [-0.39, 0.29) is 31.1 Å². The van der Waals surface area contributed by atoms with Crippen LogP contribution in [0.25, 0.3) is 0 Å². The monoisotopic (exact) mass is 769 g/mol. The van der Waals surface area contributed by atoms with Crippen LogP contribution in [-0.2, 0) is 28.6 Å². The summed E-state index contributed by atoms with van der Waals surface area (Å²) in [6, 6.07) is 0. The topological polar surface area (TPSA) is 78.9 Å². The van der Waals surface area contributed by atoms with Crippen molar-refractivity contribution in [3.63, 3.8) is 0 Å². The summed E-state index contributed by atoms with van der Waals surface area (Å²) in [6.45, 7) is 6.48. The van der Waals surface area contributed by atoms with Gasteiger partial charge in [0.05, 0.1) is 0 Å². The summed E-state index contributed by atoms with van der Waals surface area (Å²) in [6.07, 6.45) is 52.0. The molecule has 316 valence electrons. The molecule has 6 nitrogen and oxygen atoms in total. The van der Waals surface area contributed by atoms with Crippen LogP contribution < -0.4 is 0 Å². The minimum atomic E-state index is -0.778. The normalized spacial score (nSPS) is 12.6. The Balaban J connectivity index is 4.37. The molecule has 55 heavy (non-hydrogen) atoms. The summed E-state index contributed by atoms with van der Waals surface area (Å²) in [5.41, 5.74) is 0. The van der Waals surface area contributed by atoms with Crippen LogP contribution in [0, 0.1) is 0 Å². The Morgan fingerprint density at radius 1 is 0.364 bits per heavy atom. The maximum atomic E-state index is 12.7. The van der Waals surface area contributed by atoms with Crippen molar-refractivity contribution < 1.29 is 28.6 Å². The summed E-state index contributed by atoms with van der Waals surface area (Å²) >= 11 is 0. The Kier molecular flexibility index (Phi) is 41.5. The first kappa shape index (κ1) is 52.1. The zero-order valence-electron chi connectivity index (χ0n) is 35.9. The van der Waals surface area contributed by atoms with Gasteiger partial charge in [-0.25, -0.2) is 0 Å². The molecule has 0 fully saturated rings. The molecule has 0 aliphatic carbocycles. The molecule has 0 aromatic carbocycles. The molecule has 6 heteroatoms. The van der Waals surface area contributed by atoms with Crippen LogP contribution in [0.1, 0.15) is 213 Å². The van der Waals surface area contributed by atoms with Gasteiger partial charge in [-0.2, -0.15) is 0 Å². The molecular weight excluding hydrogens is 685 g/mol. The maximum absolute atomic E-state index is 12.7. The largest absolute Gasteiger partial charge is 0.462 e. The molecule has 0 aliphatic heterocycles. The molecule has 0 spiro atoms. The zero-order valence-corrected chi connectivity index (χ0v) is 35.9. The first-order chi connectivity index (χ1) is 27.0. The Morgan fingerprint density at radius 3 is 1.09 bits per heavy atom. The fraction of sp³-hybridized carbons (Fsp3) is 0.735. The number of carbonyl (C=O) groups is 3. The number of allylic oxidation sites excluding steroid dienone is 10. The maximum Gasteiger partial charge on any atom is 0.306 e. The van der Waals surface area contributed by atoms with Gasteiger partial charge in [0.1, 0.15) is 13.2 Å². The number of hydrogen-bond acceptors (Lipinski definition) is 6. The van der Waals surface area contributed by atoms with Crippen LogP contribution >= 0.6 is 0 Å². The van der Waals surface area contributed by atoms with E-state index >= 15 is 0 Å². The average molecular weight is 769 g/mol. The second-order valence-corrected chi connectivity index (χ2v) is 15.1. The van der Waals surface area contributed by atoms with Gasteiger partial charge in [-0.15, -0.1) is 0 Å². The van der Waals surface area contributed by atoms with Gasteiger partial charge >= 0.3 is 17.9 Å². The molecule has 1 atom stereocenters. The van der Waals surface area contributed by atoms with Crippen molar-refractivity contribution in [1.29, 1.82) is 0 Å². The highest BCUT2D eigenvalue weighted by Gasteiger charge is 2.19. The van der Waals surface area contributed by atoms with Crippen molar-refractivity contribution >= 4 is 17.9 Å². The third-order valence-electron chi connectivity index (χ3n) is 9.63. The molecule has 1 unspecified atom stereocenters. The van der Waals surface area contributed by atoms with Crippen LogP contribution in [-0.4, -0.2) is 37.2 Å². The van der Waals surface area contributed by atoms with E-state index in [1.165, 1.54) is 89.9 Å². The van der Waals surface area contributed by atoms with Crippen LogP contribution in [0.2, 0.25) is 0 Å². The molecule has 0 amide bonds. The lowest BCUT2D eigenvalue weighted by Gasteiger charge is -2.18. The highest BCUT2D eigenvalue weighted by atomic mass is 16.6. The molecule has 0 heterocycles. The third-order valence-corrected chi connectivity index (χ3v) is 9.63. The molecule has 0 saturated heterocycles. The van der Waals surface area contributed by atoms with Gasteiger partial charge in [-0.3, -0.25) is 14.4 Å². The number of rotatable bonds is 40. The number of ether oxygens (including phenoxy) is 3. The summed E-state index contributed by atoms with van der Waals surface area (Å²) in [5, 5.41) is 0. The first-order valence-electron chi connectivity index (χ1n) is 22.9. The highest BCUT2D eigenvalue weighted by molar-refractivity contribution is 5.71. The summed E-state index contributed by atoms with van der Waals surface area (Å²) in [4.78, 5) is 37.6. The van der Waals surface area contributed by atoms with Crippen molar-refractivity contribution in [2.45, 2.75) is 219 Å². The number of esters is 3. The number of unbranched alkanes of at least 4 members (excludes halogenated alkanes) is 23. The molecule has 0 aromatic rings. The standard InChI is InChI=1S/C49H84O6/c1-4-7-10-13-16-19-21-22-23-24-25-26-27-28-31-33-36-39-42-48(51)54-45-46(44-53-47(50)41-38-35-32-29-18-15-12-9-6-3)55-49(52)43-40-37-34-30-20-17-14-11-8-5-2/h10,13,16,19,21-26,46H,4-9,11-12,14-15,17-18,20,27-45H2,1-3H3/b13-10-,19-16-,22-21-,24-23-,26-25-. The Labute approximate surface area is 339 Å². The van der Waals surface area contributed by atoms with Crippen molar-refractivity contribution in [2.24, 2.45) is 0 Å². The van der Waals surface area contributed by atoms with E-state index in [9.17, 15) is 14.4 Å². The van der Waals surface area contributed by atoms with E-state index in [2.05, 4.69) is 57.2 Å². The first-order valence-corrected chi connectivity index (χ1v) is 22.9. The fourth-order valence-electron chi connectivity index (χ4n) is 6.18. The van der Waals surface area contributed by atoms with Crippen LogP contribution in [0.5, 0.6) is 0 Å². The van der Waals surface area contributed by atoms with E-state index in [0.29, 0.717) is 19.3 Å². The molecular formula is C49H84O6. The molecule has 0 bridgehead atoms. The Morgan fingerprint density at radius 2 is 0.691 bits per heavy atom. The molecule has 0 rings (SSSR count). The van der Waals surface area contributed by atoms with Gasteiger partial charge < -0.3 is 14.2 Å². The zero-order chi connectivity index (χ0) is 40.1. The number of carbonyl (C=O) groups excluding carboxylic acids is 3. The third kappa shape index (κ3) is 42.1. The second-order valence-electron chi connectivity index (χ2n) is 15.1. The van der Waals surface area contributed by atoms with Crippen LogP contribution in [0.3, 0.4) is 0 Å². The van der Waals surface area contributed by atoms with Crippen molar-refractivity contribution in [2.75, 3.05) is 13.2 Å². The van der Waals surface area contributed by atoms with Crippen LogP contribution in [0.15, 0.2) is 60.8 Å². The highest BCUT2D eigenvalue weighted by Crippen LogP contribution is 2.14. The minimum absolute atomic E-state index is 0.0807. The van der Waals surface area contributed by atoms with Crippen LogP contribution in [0.4, 0.5) is 0 Å². The molecule has 0 saturated carbocycles. The van der Waals surface area contributed by atoms with Crippen molar-refractivity contribution in [3.05, 3.63) is 60.8 Å². The predicted molar refractivity (Wildman–Crippen MR) is 233 cm³/mol. The van der Waals surface area contributed by atoms with Crippen molar-refractivity contribution in [1.82, 2.24) is 0 Å². The van der Waals surface area contributed by atoms with Crippen molar-refractivity contribution in [3.8, 4) is 0 Å². The van der Waals surface area contributed by atoms with E-state index in [1.807, 2.05) is 24.3 Å². The lowest BCUT2D eigenvalue weighted by molar-refractivity contribution is -0.167. The van der Waals surface area contributed by atoms with E-state index in [4.69, 9.17) is 14.2 Å². The van der Waals surface area contributed by atoms with E-state index in [1.54, 1.807) is 0 Å². The number of hydrogen-bond donors (Lipinski definition) is 0. The fourth-order valence-corrected chi connectivity index (χ4v) is 6.18. The SMILES string of the molecule is CCC\C=C/C=C\C=C/C=C\C=C/CCCCCCCC(=O)OCC(COC(=O)CCCCCCCCCCC)OC(=O)CCCCCCCCCCCC. The second kappa shape index (κ2) is 43.8. The van der Waals surface area contributed by atoms with E-state index < -0.39 is 6.10 Å². The quantitative estimate of drug-likeness (QED) is 0.0267. The summed E-state index contributed by atoms with van der Waals surface area (Å²) < 4.78 is 16.7. The molecule has 0 N–H and O–H groups in total. The van der Waals surface area contributed by atoms with Gasteiger partial charge in [0.25, 0.3) is 0 Å². The van der Waals surface area contributed by atoms with Gasteiger partial charge in [0.15, 0.2) is 6.10 Å². The lowest BCUT2D eigenvalue weighted by Crippen LogP contribution is -2.30. The molecule has 0 aliphatic rings. The molecule has 0 aromatic heterocycles. The van der Waals surface area contributed by atoms with Gasteiger partial charge in [-0.05, 0) is 38.5 Å². The van der Waals surface area contributed by atoms with Gasteiger partial charge in [0, 0.05) is 19.3 Å². The smallest absolute Gasteiger partial charge is 0.306 e. The average Bonchev–Trinajstić information content (AvgIpc) is 3.18. The summed E-state index contributed by atoms with van der Waals surface area (Å²) in [7, 11) is 0. The molecule has 0 radical (unpaired) electrons. The predicted octanol–water partition coefficient (Wildman–Crippen LogP) is 14.5. The minimum Gasteiger partial charge on any atom is -0.462 e. The van der Waals surface area contributed by atoms with E-state index in [0.717, 1.165) is 83.5 Å².